The zero-order chi connectivity index (χ0) is 20.2. The lowest BCUT2D eigenvalue weighted by atomic mass is 9.91. The molecular weight excluding hydrogens is 384 g/mol. The van der Waals surface area contributed by atoms with Gasteiger partial charge in [0, 0.05) is 21.0 Å². The van der Waals surface area contributed by atoms with Crippen LogP contribution in [0.4, 0.5) is 0 Å². The van der Waals surface area contributed by atoms with Crippen LogP contribution < -0.4 is 0 Å². The van der Waals surface area contributed by atoms with Gasteiger partial charge in [0.25, 0.3) is 0 Å². The van der Waals surface area contributed by atoms with Crippen molar-refractivity contribution in [2.45, 2.75) is 19.8 Å². The van der Waals surface area contributed by atoms with E-state index < -0.39 is 0 Å². The van der Waals surface area contributed by atoms with Gasteiger partial charge in [-0.3, -0.25) is 0 Å². The third kappa shape index (κ3) is 2.49. The van der Waals surface area contributed by atoms with Crippen molar-refractivity contribution in [1.82, 2.24) is 9.97 Å². The van der Waals surface area contributed by atoms with Crippen LogP contribution in [0.15, 0.2) is 79.1 Å². The smallest absolute Gasteiger partial charge is 0.128 e. The van der Waals surface area contributed by atoms with Crippen LogP contribution in [0, 0.1) is 0 Å². The second-order valence-corrected chi connectivity index (χ2v) is 9.10. The van der Waals surface area contributed by atoms with Crippen LogP contribution in [0.25, 0.3) is 53.1 Å². The standard InChI is InChI=1S/C27H20N2S/c1-16(2)18-12-13-22(21-10-6-5-9-20(18)21)26-25-24-19-8-4-3-7-17(19)11-14-23(24)30-27(25)29-15-28-26/h3-16H,1-2H3. The van der Waals surface area contributed by atoms with Crippen LogP contribution in [-0.4, -0.2) is 9.97 Å². The summed E-state index contributed by atoms with van der Waals surface area (Å²) in [5.41, 5.74) is 3.57. The maximum atomic E-state index is 4.83. The number of fused-ring (bicyclic) bond motifs is 6. The van der Waals surface area contributed by atoms with Crippen molar-refractivity contribution in [3.05, 3.63) is 84.7 Å². The van der Waals surface area contributed by atoms with Crippen LogP contribution in [0.3, 0.4) is 0 Å². The van der Waals surface area contributed by atoms with E-state index in [4.69, 9.17) is 4.98 Å². The molecule has 3 heteroatoms. The lowest BCUT2D eigenvalue weighted by Crippen LogP contribution is -1.93. The van der Waals surface area contributed by atoms with Crippen molar-refractivity contribution < 1.29 is 0 Å². The zero-order valence-electron chi connectivity index (χ0n) is 16.9. The fraction of sp³-hybridized carbons (Fsp3) is 0.111. The topological polar surface area (TPSA) is 25.8 Å². The lowest BCUT2D eigenvalue weighted by Gasteiger charge is -2.14. The molecule has 2 aromatic heterocycles. The lowest BCUT2D eigenvalue weighted by molar-refractivity contribution is 0.876. The Morgan fingerprint density at radius 2 is 1.47 bits per heavy atom. The fourth-order valence-electron chi connectivity index (χ4n) is 4.61. The molecule has 0 aliphatic rings. The Bertz CT molecular complexity index is 1580. The van der Waals surface area contributed by atoms with Crippen LogP contribution in [0.2, 0.25) is 0 Å². The molecule has 0 N–H and O–H groups in total. The van der Waals surface area contributed by atoms with E-state index in [-0.39, 0.29) is 0 Å². The molecule has 6 rings (SSSR count). The summed E-state index contributed by atoms with van der Waals surface area (Å²) in [6.07, 6.45) is 1.71. The van der Waals surface area contributed by atoms with E-state index >= 15 is 0 Å². The molecule has 0 amide bonds. The van der Waals surface area contributed by atoms with Gasteiger partial charge in [-0.25, -0.2) is 9.97 Å². The van der Waals surface area contributed by atoms with Gasteiger partial charge < -0.3 is 0 Å². The van der Waals surface area contributed by atoms with Crippen molar-refractivity contribution in [2.24, 2.45) is 0 Å². The highest BCUT2D eigenvalue weighted by atomic mass is 32.1. The first kappa shape index (κ1) is 17.5. The summed E-state index contributed by atoms with van der Waals surface area (Å²) in [5, 5.41) is 7.50. The average Bonchev–Trinajstić information content (AvgIpc) is 3.17. The molecule has 0 atom stereocenters. The maximum Gasteiger partial charge on any atom is 0.128 e. The highest BCUT2D eigenvalue weighted by molar-refractivity contribution is 7.25. The van der Waals surface area contributed by atoms with Gasteiger partial charge in [-0.2, -0.15) is 0 Å². The molecule has 0 saturated carbocycles. The Hall–Kier alpha value is -3.30. The number of aromatic nitrogens is 2. The Balaban J connectivity index is 1.78. The normalized spacial score (nSPS) is 12.0. The number of benzene rings is 4. The molecule has 0 radical (unpaired) electrons. The van der Waals surface area contributed by atoms with Crippen LogP contribution >= 0.6 is 11.3 Å². The highest BCUT2D eigenvalue weighted by Gasteiger charge is 2.18. The maximum absolute atomic E-state index is 4.83. The van der Waals surface area contributed by atoms with Gasteiger partial charge in [-0.05, 0) is 39.1 Å². The zero-order valence-corrected chi connectivity index (χ0v) is 17.7. The molecule has 0 aliphatic heterocycles. The predicted molar refractivity (Wildman–Crippen MR) is 129 cm³/mol. The van der Waals surface area contributed by atoms with Crippen LogP contribution in [0.5, 0.6) is 0 Å². The molecule has 2 heterocycles. The van der Waals surface area contributed by atoms with Gasteiger partial charge in [0.05, 0.1) is 5.69 Å². The molecule has 2 nitrogen and oxygen atoms in total. The second kappa shape index (κ2) is 6.61. The van der Waals surface area contributed by atoms with Crippen molar-refractivity contribution >= 4 is 53.2 Å². The first-order valence-corrected chi connectivity index (χ1v) is 11.1. The highest BCUT2D eigenvalue weighted by Crippen LogP contribution is 2.43. The fourth-order valence-corrected chi connectivity index (χ4v) is 5.67. The number of hydrogen-bond acceptors (Lipinski definition) is 3. The van der Waals surface area contributed by atoms with Crippen LogP contribution in [-0.2, 0) is 0 Å². The number of rotatable bonds is 2. The van der Waals surface area contributed by atoms with E-state index in [2.05, 4.69) is 91.6 Å². The number of thiophene rings is 1. The quantitative estimate of drug-likeness (QED) is 0.293. The monoisotopic (exact) mass is 404 g/mol. The summed E-state index contributed by atoms with van der Waals surface area (Å²) in [6, 6.07) is 26.2. The molecule has 0 fully saturated rings. The molecule has 6 aromatic rings. The molecule has 0 unspecified atom stereocenters. The van der Waals surface area contributed by atoms with E-state index in [9.17, 15) is 0 Å². The minimum atomic E-state index is 0.472. The van der Waals surface area contributed by atoms with E-state index in [0.717, 1.165) is 15.9 Å². The molecule has 0 saturated heterocycles. The SMILES string of the molecule is CC(C)c1ccc(-c2ncnc3sc4ccc5ccccc5c4c23)c2ccccc12. The van der Waals surface area contributed by atoms with E-state index in [0.29, 0.717) is 5.92 Å². The summed E-state index contributed by atoms with van der Waals surface area (Å²) in [7, 11) is 0. The number of hydrogen-bond donors (Lipinski definition) is 0. The van der Waals surface area contributed by atoms with Crippen molar-refractivity contribution in [3.8, 4) is 11.3 Å². The first-order chi connectivity index (χ1) is 14.7. The van der Waals surface area contributed by atoms with Gasteiger partial charge in [0.15, 0.2) is 0 Å². The van der Waals surface area contributed by atoms with Gasteiger partial charge in [-0.15, -0.1) is 11.3 Å². The van der Waals surface area contributed by atoms with Gasteiger partial charge in [-0.1, -0.05) is 80.6 Å². The minimum absolute atomic E-state index is 0.472. The Morgan fingerprint density at radius 1 is 0.700 bits per heavy atom. The van der Waals surface area contributed by atoms with Gasteiger partial charge in [0.2, 0.25) is 0 Å². The van der Waals surface area contributed by atoms with E-state index in [1.165, 1.54) is 42.8 Å². The third-order valence-corrected chi connectivity index (χ3v) is 7.06. The van der Waals surface area contributed by atoms with Crippen molar-refractivity contribution in [2.75, 3.05) is 0 Å². The van der Waals surface area contributed by atoms with Crippen molar-refractivity contribution in [3.63, 3.8) is 0 Å². The molecule has 30 heavy (non-hydrogen) atoms. The Labute approximate surface area is 178 Å². The molecule has 4 aromatic carbocycles. The van der Waals surface area contributed by atoms with Gasteiger partial charge >= 0.3 is 0 Å². The van der Waals surface area contributed by atoms with E-state index in [1.807, 2.05) is 0 Å². The minimum Gasteiger partial charge on any atom is -0.236 e. The molecule has 0 bridgehead atoms. The molecular formula is C27H20N2S. The van der Waals surface area contributed by atoms with Gasteiger partial charge in [0.1, 0.15) is 11.2 Å². The van der Waals surface area contributed by atoms with Crippen LogP contribution in [0.1, 0.15) is 25.3 Å². The predicted octanol–water partition coefficient (Wildman–Crippen LogP) is 7.94. The third-order valence-electron chi connectivity index (χ3n) is 5.99. The first-order valence-electron chi connectivity index (χ1n) is 10.3. The molecule has 0 spiro atoms. The Morgan fingerprint density at radius 3 is 2.30 bits per heavy atom. The molecule has 144 valence electrons. The van der Waals surface area contributed by atoms with Crippen molar-refractivity contribution in [1.29, 1.82) is 0 Å². The summed E-state index contributed by atoms with van der Waals surface area (Å²) in [5.74, 6) is 0.472. The largest absolute Gasteiger partial charge is 0.236 e. The number of nitrogens with zero attached hydrogens (tertiary/aromatic N) is 2. The summed E-state index contributed by atoms with van der Waals surface area (Å²) >= 11 is 1.75. The summed E-state index contributed by atoms with van der Waals surface area (Å²) in [4.78, 5) is 10.5. The second-order valence-electron chi connectivity index (χ2n) is 8.07. The van der Waals surface area contributed by atoms with E-state index in [1.54, 1.807) is 17.7 Å². The summed E-state index contributed by atoms with van der Waals surface area (Å²) in [6.45, 7) is 4.51. The Kier molecular flexibility index (Phi) is 3.87. The average molecular weight is 405 g/mol. The molecule has 0 aliphatic carbocycles. The summed E-state index contributed by atoms with van der Waals surface area (Å²) < 4.78 is 1.26.